The molecule has 0 spiro atoms. The van der Waals surface area contributed by atoms with Gasteiger partial charge in [0.25, 0.3) is 0 Å². The first-order valence-electron chi connectivity index (χ1n) is 7.34. The molecule has 3 heterocycles. The largest absolute Gasteiger partial charge is 0.352 e. The number of nitrogens with zero attached hydrogens (tertiary/aromatic N) is 6. The number of rotatable bonds is 4. The fourth-order valence-corrected chi connectivity index (χ4v) is 3.38. The lowest BCUT2D eigenvalue weighted by Crippen LogP contribution is -2.59. The van der Waals surface area contributed by atoms with E-state index >= 15 is 0 Å². The zero-order valence-corrected chi connectivity index (χ0v) is 13.4. The van der Waals surface area contributed by atoms with Crippen molar-refractivity contribution < 1.29 is 8.42 Å². The lowest BCUT2D eigenvalue weighted by molar-refractivity contribution is 0.310. The first kappa shape index (κ1) is 13.9. The summed E-state index contributed by atoms with van der Waals surface area (Å²) in [7, 11) is -1.52. The predicted molar refractivity (Wildman–Crippen MR) is 81.4 cm³/mol. The zero-order chi connectivity index (χ0) is 15.5. The summed E-state index contributed by atoms with van der Waals surface area (Å²) in [4.78, 5) is 2.07. The first-order chi connectivity index (χ1) is 10.4. The van der Waals surface area contributed by atoms with Gasteiger partial charge in [-0.05, 0) is 25.0 Å². The highest BCUT2D eigenvalue weighted by atomic mass is 32.2. The topological polar surface area (TPSA) is 83.7 Å². The quantitative estimate of drug-likeness (QED) is 0.793. The summed E-state index contributed by atoms with van der Waals surface area (Å²) in [5, 5.41) is 13.0. The summed E-state index contributed by atoms with van der Waals surface area (Å²) in [6.45, 7) is 1.31. The number of fused-ring (bicyclic) bond motifs is 1. The predicted octanol–water partition coefficient (Wildman–Crippen LogP) is 0.0817. The molecule has 4 rings (SSSR count). The number of hydrogen-bond donors (Lipinski definition) is 0. The van der Waals surface area contributed by atoms with Gasteiger partial charge in [-0.1, -0.05) is 0 Å². The van der Waals surface area contributed by atoms with Crippen molar-refractivity contribution >= 4 is 21.5 Å². The van der Waals surface area contributed by atoms with E-state index in [-0.39, 0.29) is 6.04 Å². The molecule has 2 aromatic heterocycles. The van der Waals surface area contributed by atoms with Crippen molar-refractivity contribution in [1.29, 1.82) is 0 Å². The third-order valence-electron chi connectivity index (χ3n) is 4.44. The summed E-state index contributed by atoms with van der Waals surface area (Å²) in [6, 6.07) is 3.84. The molecule has 0 N–H and O–H groups in total. The fraction of sp³-hybridized carbons (Fsp3) is 0.615. The van der Waals surface area contributed by atoms with Crippen LogP contribution in [0.25, 0.3) is 5.65 Å². The van der Waals surface area contributed by atoms with Gasteiger partial charge in [-0.2, -0.15) is 8.82 Å². The van der Waals surface area contributed by atoms with Crippen LogP contribution in [0.15, 0.2) is 12.1 Å². The Morgan fingerprint density at radius 2 is 1.95 bits per heavy atom. The van der Waals surface area contributed by atoms with Crippen LogP contribution < -0.4 is 4.90 Å². The summed E-state index contributed by atoms with van der Waals surface area (Å²) < 4.78 is 26.3. The number of sulfonamides is 1. The minimum Gasteiger partial charge on any atom is -0.352 e. The van der Waals surface area contributed by atoms with Gasteiger partial charge in [-0.3, -0.25) is 0 Å². The second-order valence-electron chi connectivity index (χ2n) is 6.13. The average Bonchev–Trinajstić information content (AvgIpc) is 3.16. The normalized spacial score (nSPS) is 19.9. The lowest BCUT2D eigenvalue weighted by Gasteiger charge is -2.43. The molecule has 118 valence electrons. The molecule has 0 amide bonds. The summed E-state index contributed by atoms with van der Waals surface area (Å²) in [6.07, 6.45) is 3.54. The van der Waals surface area contributed by atoms with Crippen molar-refractivity contribution in [2.24, 2.45) is 0 Å². The summed E-state index contributed by atoms with van der Waals surface area (Å²) in [5.41, 5.74) is 0.760. The number of aromatic nitrogens is 4. The van der Waals surface area contributed by atoms with Crippen molar-refractivity contribution in [3.63, 3.8) is 0 Å². The van der Waals surface area contributed by atoms with Gasteiger partial charge in [0.15, 0.2) is 11.5 Å². The van der Waals surface area contributed by atoms with E-state index in [1.165, 1.54) is 10.6 Å². The molecule has 0 radical (unpaired) electrons. The molecule has 1 aliphatic heterocycles. The van der Waals surface area contributed by atoms with Gasteiger partial charge < -0.3 is 4.90 Å². The number of hydrogen-bond acceptors (Lipinski definition) is 6. The van der Waals surface area contributed by atoms with E-state index in [2.05, 4.69) is 20.2 Å². The third kappa shape index (κ3) is 2.24. The third-order valence-corrected chi connectivity index (χ3v) is 5.78. The van der Waals surface area contributed by atoms with Crippen molar-refractivity contribution in [2.75, 3.05) is 31.3 Å². The van der Waals surface area contributed by atoms with Crippen molar-refractivity contribution in [2.45, 2.75) is 24.8 Å². The molecule has 2 fully saturated rings. The maximum Gasteiger partial charge on any atom is 0.211 e. The lowest BCUT2D eigenvalue weighted by atomic mass is 10.1. The van der Waals surface area contributed by atoms with E-state index in [9.17, 15) is 8.42 Å². The van der Waals surface area contributed by atoms with Crippen LogP contribution in [0.3, 0.4) is 0 Å². The molecule has 9 heteroatoms. The van der Waals surface area contributed by atoms with Crippen LogP contribution in [-0.4, -0.2) is 65.0 Å². The maximum absolute atomic E-state index is 11.5. The van der Waals surface area contributed by atoms with Crippen molar-refractivity contribution in [3.05, 3.63) is 18.0 Å². The van der Waals surface area contributed by atoms with Gasteiger partial charge in [0.1, 0.15) is 5.82 Å². The SMILES string of the molecule is CN(C1CN(c2ccc3nnc(C4CC4)n3n2)C1)S(C)(=O)=O. The van der Waals surface area contributed by atoms with E-state index in [4.69, 9.17) is 0 Å². The number of anilines is 1. The minimum atomic E-state index is -3.14. The zero-order valence-electron chi connectivity index (χ0n) is 12.5. The van der Waals surface area contributed by atoms with E-state index in [1.54, 1.807) is 7.05 Å². The van der Waals surface area contributed by atoms with Crippen LogP contribution in [0.5, 0.6) is 0 Å². The summed E-state index contributed by atoms with van der Waals surface area (Å²) in [5.74, 6) is 2.26. The molecule has 2 aromatic rings. The smallest absolute Gasteiger partial charge is 0.211 e. The Morgan fingerprint density at radius 1 is 1.23 bits per heavy atom. The van der Waals surface area contributed by atoms with Gasteiger partial charge >= 0.3 is 0 Å². The van der Waals surface area contributed by atoms with Gasteiger partial charge in [0.05, 0.1) is 12.3 Å². The second-order valence-corrected chi connectivity index (χ2v) is 8.17. The van der Waals surface area contributed by atoms with Crippen LogP contribution in [0, 0.1) is 0 Å². The Morgan fingerprint density at radius 3 is 2.59 bits per heavy atom. The molecule has 0 bridgehead atoms. The molecule has 0 unspecified atom stereocenters. The Labute approximate surface area is 128 Å². The molecule has 0 atom stereocenters. The molecule has 1 aliphatic carbocycles. The van der Waals surface area contributed by atoms with Gasteiger partial charge in [-0.15, -0.1) is 15.3 Å². The second kappa shape index (κ2) is 4.63. The van der Waals surface area contributed by atoms with E-state index in [1.807, 2.05) is 16.6 Å². The average molecular weight is 322 g/mol. The molecule has 0 aromatic carbocycles. The first-order valence-corrected chi connectivity index (χ1v) is 9.18. The van der Waals surface area contributed by atoms with Gasteiger partial charge in [0.2, 0.25) is 10.0 Å². The molecule has 1 saturated heterocycles. The Hall–Kier alpha value is -1.74. The van der Waals surface area contributed by atoms with Gasteiger partial charge in [-0.25, -0.2) is 8.42 Å². The standard InChI is InChI=1S/C13H18N6O2S/c1-17(22(2,20)21)10-7-18(8-10)12-6-5-11-14-15-13(9-3-4-9)19(11)16-12/h5-6,9-10H,3-4,7-8H2,1-2H3. The maximum atomic E-state index is 11.5. The monoisotopic (exact) mass is 322 g/mol. The highest BCUT2D eigenvalue weighted by molar-refractivity contribution is 7.88. The highest BCUT2D eigenvalue weighted by Crippen LogP contribution is 2.38. The van der Waals surface area contributed by atoms with E-state index < -0.39 is 10.0 Å². The van der Waals surface area contributed by atoms with Crippen LogP contribution in [-0.2, 0) is 10.0 Å². The highest BCUT2D eigenvalue weighted by Gasteiger charge is 2.35. The van der Waals surface area contributed by atoms with E-state index in [0.29, 0.717) is 19.0 Å². The van der Waals surface area contributed by atoms with E-state index in [0.717, 1.165) is 30.1 Å². The molecular formula is C13H18N6O2S. The molecule has 22 heavy (non-hydrogen) atoms. The van der Waals surface area contributed by atoms with Crippen LogP contribution in [0.2, 0.25) is 0 Å². The molecule has 2 aliphatic rings. The molecular weight excluding hydrogens is 304 g/mol. The Balaban J connectivity index is 1.55. The Kier molecular flexibility index (Phi) is 2.92. The fourth-order valence-electron chi connectivity index (χ4n) is 2.70. The Bertz CT molecular complexity index is 822. The van der Waals surface area contributed by atoms with Crippen LogP contribution in [0.4, 0.5) is 5.82 Å². The van der Waals surface area contributed by atoms with Crippen LogP contribution in [0.1, 0.15) is 24.6 Å². The van der Waals surface area contributed by atoms with Crippen molar-refractivity contribution in [3.8, 4) is 0 Å². The molecule has 8 nitrogen and oxygen atoms in total. The van der Waals surface area contributed by atoms with Crippen molar-refractivity contribution in [1.82, 2.24) is 24.1 Å². The number of likely N-dealkylation sites (N-methyl/N-ethyl adjacent to an activating group) is 1. The summed E-state index contributed by atoms with van der Waals surface area (Å²) >= 11 is 0. The van der Waals surface area contributed by atoms with Crippen LogP contribution >= 0.6 is 0 Å². The molecule has 1 saturated carbocycles. The van der Waals surface area contributed by atoms with Gasteiger partial charge in [0, 0.05) is 26.1 Å². The minimum absolute atomic E-state index is 0.0105.